The Morgan fingerprint density at radius 2 is 2.30 bits per heavy atom. The average molecular weight is 340 g/mol. The van der Waals surface area contributed by atoms with E-state index in [0.29, 0.717) is 18.9 Å². The van der Waals surface area contributed by atoms with E-state index in [2.05, 4.69) is 10.3 Å². The van der Waals surface area contributed by atoms with E-state index in [0.717, 1.165) is 30.2 Å². The number of thiazole rings is 1. The number of rotatable bonds is 5. The predicted molar refractivity (Wildman–Crippen MR) is 88.0 cm³/mol. The van der Waals surface area contributed by atoms with Gasteiger partial charge in [0.05, 0.1) is 17.2 Å². The van der Waals surface area contributed by atoms with Gasteiger partial charge in [0.25, 0.3) is 0 Å². The van der Waals surface area contributed by atoms with E-state index < -0.39 is 0 Å². The lowest BCUT2D eigenvalue weighted by molar-refractivity contribution is -0.130. The molecule has 0 aliphatic carbocycles. The summed E-state index contributed by atoms with van der Waals surface area (Å²) in [5.41, 5.74) is 0.996. The Balaban J connectivity index is 0.00000180. The van der Waals surface area contributed by atoms with E-state index in [1.165, 1.54) is 6.42 Å². The van der Waals surface area contributed by atoms with Gasteiger partial charge in [0, 0.05) is 18.8 Å². The van der Waals surface area contributed by atoms with Gasteiger partial charge in [-0.3, -0.25) is 4.79 Å². The second-order valence-corrected chi connectivity index (χ2v) is 6.07. The Hall–Kier alpha value is -0.360. The van der Waals surface area contributed by atoms with Crippen LogP contribution in [0.1, 0.15) is 30.0 Å². The second-order valence-electron chi connectivity index (χ2n) is 5.01. The van der Waals surface area contributed by atoms with Gasteiger partial charge in [-0.05, 0) is 38.8 Å². The third-order valence-corrected chi connectivity index (χ3v) is 4.24. The standard InChI is InChI=1S/C13H21N3OS.2ClH/c1-10-15-12(9-18-10)8-16(2)13(17)4-3-11-5-6-14-7-11;;/h9,11,14H,3-8H2,1-2H3;2*1H. The average Bonchev–Trinajstić information content (AvgIpc) is 2.97. The number of nitrogens with zero attached hydrogens (tertiary/aromatic N) is 2. The molecule has 1 aliphatic heterocycles. The Kier molecular flexibility index (Phi) is 9.38. The molecule has 0 aromatic carbocycles. The van der Waals surface area contributed by atoms with Crippen molar-refractivity contribution < 1.29 is 4.79 Å². The second kappa shape index (κ2) is 9.55. The van der Waals surface area contributed by atoms with Gasteiger partial charge in [-0.2, -0.15) is 0 Å². The van der Waals surface area contributed by atoms with E-state index in [4.69, 9.17) is 0 Å². The number of halogens is 2. The van der Waals surface area contributed by atoms with Crippen molar-refractivity contribution >= 4 is 42.1 Å². The molecule has 116 valence electrons. The number of carbonyl (C=O) groups excluding carboxylic acids is 1. The SMILES string of the molecule is Cc1nc(CN(C)C(=O)CCC2CCNC2)cs1.Cl.Cl. The normalized spacial score (nSPS) is 17.2. The molecule has 1 atom stereocenters. The topological polar surface area (TPSA) is 45.2 Å². The molecule has 2 rings (SSSR count). The number of nitrogens with one attached hydrogen (secondary N) is 1. The number of aromatic nitrogens is 1. The van der Waals surface area contributed by atoms with Gasteiger partial charge in [0.2, 0.25) is 5.91 Å². The fourth-order valence-corrected chi connectivity index (χ4v) is 2.90. The van der Waals surface area contributed by atoms with Gasteiger partial charge in [-0.25, -0.2) is 4.98 Å². The van der Waals surface area contributed by atoms with Crippen LogP contribution in [-0.2, 0) is 11.3 Å². The fraction of sp³-hybridized carbons (Fsp3) is 0.692. The van der Waals surface area contributed by atoms with E-state index in [1.807, 2.05) is 19.4 Å². The van der Waals surface area contributed by atoms with Gasteiger partial charge >= 0.3 is 0 Å². The summed E-state index contributed by atoms with van der Waals surface area (Å²) in [7, 11) is 1.86. The van der Waals surface area contributed by atoms with Crippen molar-refractivity contribution in [2.45, 2.75) is 32.7 Å². The van der Waals surface area contributed by atoms with Crippen molar-refractivity contribution in [3.05, 3.63) is 16.1 Å². The highest BCUT2D eigenvalue weighted by atomic mass is 35.5. The molecule has 7 heteroatoms. The van der Waals surface area contributed by atoms with Crippen molar-refractivity contribution in [3.8, 4) is 0 Å². The molecular weight excluding hydrogens is 317 g/mol. The maximum absolute atomic E-state index is 12.0. The van der Waals surface area contributed by atoms with Gasteiger partial charge in [-0.1, -0.05) is 0 Å². The lowest BCUT2D eigenvalue weighted by atomic mass is 10.0. The molecule has 1 fully saturated rings. The zero-order chi connectivity index (χ0) is 13.0. The van der Waals surface area contributed by atoms with Crippen LogP contribution in [0.15, 0.2) is 5.38 Å². The van der Waals surface area contributed by atoms with E-state index >= 15 is 0 Å². The Labute approximate surface area is 137 Å². The van der Waals surface area contributed by atoms with Crippen LogP contribution >= 0.6 is 36.2 Å². The van der Waals surface area contributed by atoms with Crippen molar-refractivity contribution in [2.75, 3.05) is 20.1 Å². The lowest BCUT2D eigenvalue weighted by Crippen LogP contribution is -2.26. The third-order valence-electron chi connectivity index (χ3n) is 3.42. The summed E-state index contributed by atoms with van der Waals surface area (Å²) in [5, 5.41) is 6.42. The molecule has 1 amide bonds. The number of aryl methyl sites for hydroxylation is 1. The molecule has 1 aliphatic rings. The zero-order valence-electron chi connectivity index (χ0n) is 11.9. The molecule has 4 nitrogen and oxygen atoms in total. The largest absolute Gasteiger partial charge is 0.340 e. The van der Waals surface area contributed by atoms with Crippen LogP contribution in [-0.4, -0.2) is 35.9 Å². The number of hydrogen-bond donors (Lipinski definition) is 1. The van der Waals surface area contributed by atoms with Crippen LogP contribution in [0.2, 0.25) is 0 Å². The molecule has 1 aromatic heterocycles. The first-order chi connectivity index (χ1) is 8.65. The first-order valence-electron chi connectivity index (χ1n) is 6.51. The molecule has 1 unspecified atom stereocenters. The summed E-state index contributed by atoms with van der Waals surface area (Å²) < 4.78 is 0. The molecule has 0 saturated carbocycles. The van der Waals surface area contributed by atoms with Crippen LogP contribution in [0.4, 0.5) is 0 Å². The Morgan fingerprint density at radius 1 is 1.55 bits per heavy atom. The van der Waals surface area contributed by atoms with Crippen molar-refractivity contribution in [1.29, 1.82) is 0 Å². The fourth-order valence-electron chi connectivity index (χ4n) is 2.29. The van der Waals surface area contributed by atoms with E-state index in [1.54, 1.807) is 16.2 Å². The van der Waals surface area contributed by atoms with Crippen LogP contribution in [0.25, 0.3) is 0 Å². The highest BCUT2D eigenvalue weighted by Crippen LogP contribution is 2.16. The van der Waals surface area contributed by atoms with Gasteiger partial charge in [0.15, 0.2) is 0 Å². The molecule has 20 heavy (non-hydrogen) atoms. The Morgan fingerprint density at radius 3 is 2.85 bits per heavy atom. The summed E-state index contributed by atoms with van der Waals surface area (Å²) >= 11 is 1.63. The summed E-state index contributed by atoms with van der Waals surface area (Å²) in [4.78, 5) is 18.2. The maximum atomic E-state index is 12.0. The molecule has 1 N–H and O–H groups in total. The molecule has 0 bridgehead atoms. The summed E-state index contributed by atoms with van der Waals surface area (Å²) in [6.07, 6.45) is 2.88. The third kappa shape index (κ3) is 5.95. The molecular formula is C13H23Cl2N3OS. The first kappa shape index (κ1) is 19.6. The quantitative estimate of drug-likeness (QED) is 0.896. The molecule has 1 saturated heterocycles. The van der Waals surface area contributed by atoms with Crippen LogP contribution in [0.3, 0.4) is 0 Å². The highest BCUT2D eigenvalue weighted by molar-refractivity contribution is 7.09. The van der Waals surface area contributed by atoms with Crippen LogP contribution in [0, 0.1) is 12.8 Å². The van der Waals surface area contributed by atoms with Gasteiger partial charge in [0.1, 0.15) is 0 Å². The summed E-state index contributed by atoms with van der Waals surface area (Å²) in [6, 6.07) is 0. The van der Waals surface area contributed by atoms with Gasteiger partial charge in [-0.15, -0.1) is 36.2 Å². The lowest BCUT2D eigenvalue weighted by Gasteiger charge is -2.17. The summed E-state index contributed by atoms with van der Waals surface area (Å²) in [6.45, 7) is 4.80. The van der Waals surface area contributed by atoms with Crippen molar-refractivity contribution in [1.82, 2.24) is 15.2 Å². The summed E-state index contributed by atoms with van der Waals surface area (Å²) in [5.74, 6) is 0.913. The molecule has 2 heterocycles. The van der Waals surface area contributed by atoms with Crippen LogP contribution in [0.5, 0.6) is 0 Å². The van der Waals surface area contributed by atoms with Crippen LogP contribution < -0.4 is 5.32 Å². The monoisotopic (exact) mass is 339 g/mol. The van der Waals surface area contributed by atoms with Crippen molar-refractivity contribution in [2.24, 2.45) is 5.92 Å². The molecule has 0 radical (unpaired) electrons. The minimum absolute atomic E-state index is 0. The Bertz CT molecular complexity index is 408. The van der Waals surface area contributed by atoms with Crippen molar-refractivity contribution in [3.63, 3.8) is 0 Å². The molecule has 1 aromatic rings. The minimum atomic E-state index is 0. The predicted octanol–water partition coefficient (Wildman–Crippen LogP) is 2.64. The van der Waals surface area contributed by atoms with Gasteiger partial charge < -0.3 is 10.2 Å². The number of carbonyl (C=O) groups is 1. The number of hydrogen-bond acceptors (Lipinski definition) is 4. The minimum Gasteiger partial charge on any atom is -0.340 e. The smallest absolute Gasteiger partial charge is 0.222 e. The van der Waals surface area contributed by atoms with E-state index in [-0.39, 0.29) is 30.7 Å². The maximum Gasteiger partial charge on any atom is 0.222 e. The molecule has 0 spiro atoms. The number of amides is 1. The first-order valence-corrected chi connectivity index (χ1v) is 7.39. The van der Waals surface area contributed by atoms with E-state index in [9.17, 15) is 4.79 Å². The highest BCUT2D eigenvalue weighted by Gasteiger charge is 2.17. The zero-order valence-corrected chi connectivity index (χ0v) is 14.4.